The van der Waals surface area contributed by atoms with Gasteiger partial charge in [-0.3, -0.25) is 0 Å². The quantitative estimate of drug-likeness (QED) is 0.894. The lowest BCUT2D eigenvalue weighted by Crippen LogP contribution is -2.30. The molecule has 1 saturated carbocycles. The molecular weight excluding hydrogens is 304 g/mol. The second kappa shape index (κ2) is 7.01. The fraction of sp³-hybridized carbons (Fsp3) is 0.389. The van der Waals surface area contributed by atoms with Gasteiger partial charge in [-0.05, 0) is 44.0 Å². The highest BCUT2D eigenvalue weighted by Crippen LogP contribution is 2.45. The molecule has 0 spiro atoms. The summed E-state index contributed by atoms with van der Waals surface area (Å²) in [4.78, 5) is 1.32. The zero-order chi connectivity index (χ0) is 16.1. The molecule has 0 aliphatic heterocycles. The first-order valence-electron chi connectivity index (χ1n) is 7.93. The van der Waals surface area contributed by atoms with Crippen LogP contribution in [0.3, 0.4) is 0 Å². The van der Waals surface area contributed by atoms with Crippen LogP contribution in [0.4, 0.5) is 5.82 Å². The van der Waals surface area contributed by atoms with Gasteiger partial charge >= 0.3 is 0 Å². The van der Waals surface area contributed by atoms with Gasteiger partial charge in [0, 0.05) is 16.2 Å². The first-order valence-corrected chi connectivity index (χ1v) is 8.74. The van der Waals surface area contributed by atoms with Crippen molar-refractivity contribution in [1.82, 2.24) is 10.2 Å². The lowest BCUT2D eigenvalue weighted by Gasteiger charge is -2.29. The first-order chi connectivity index (χ1) is 11.2. The Balaban J connectivity index is 1.68. The van der Waals surface area contributed by atoms with Gasteiger partial charge in [-0.15, -0.1) is 22.0 Å². The van der Waals surface area contributed by atoms with Crippen LogP contribution in [0.1, 0.15) is 36.9 Å². The Labute approximate surface area is 141 Å². The number of nitriles is 1. The van der Waals surface area contributed by atoms with Crippen molar-refractivity contribution in [3.8, 4) is 6.07 Å². The van der Waals surface area contributed by atoms with E-state index in [0.29, 0.717) is 5.69 Å². The number of hydrogen-bond donors (Lipinski definition) is 1. The highest BCUT2D eigenvalue weighted by atomic mass is 32.2. The highest BCUT2D eigenvalue weighted by molar-refractivity contribution is 8.00. The van der Waals surface area contributed by atoms with Crippen LogP contribution in [-0.2, 0) is 0 Å². The molecule has 1 N–H and O–H groups in total. The zero-order valence-corrected chi connectivity index (χ0v) is 14.1. The number of rotatable bonds is 5. The molecule has 2 aromatic rings. The lowest BCUT2D eigenvalue weighted by atomic mass is 10.1. The molecule has 3 rings (SSSR count). The van der Waals surface area contributed by atoms with E-state index in [1.54, 1.807) is 6.07 Å². The molecule has 5 heteroatoms. The van der Waals surface area contributed by atoms with E-state index in [1.165, 1.54) is 36.1 Å². The number of nitrogens with zero attached hydrogens (tertiary/aromatic N) is 3. The predicted molar refractivity (Wildman–Crippen MR) is 93.5 cm³/mol. The van der Waals surface area contributed by atoms with Crippen LogP contribution in [0, 0.1) is 18.3 Å². The molecule has 0 bridgehead atoms. The van der Waals surface area contributed by atoms with Gasteiger partial charge in [-0.25, -0.2) is 0 Å². The Hall–Kier alpha value is -2.06. The van der Waals surface area contributed by atoms with Crippen LogP contribution in [0.2, 0.25) is 0 Å². The van der Waals surface area contributed by atoms with Crippen molar-refractivity contribution in [3.63, 3.8) is 0 Å². The number of benzene rings is 1. The molecule has 1 aliphatic carbocycles. The van der Waals surface area contributed by atoms with Gasteiger partial charge in [0.1, 0.15) is 11.9 Å². The van der Waals surface area contributed by atoms with E-state index in [4.69, 9.17) is 5.26 Å². The number of thioether (sulfide) groups is 1. The average molecular weight is 324 g/mol. The van der Waals surface area contributed by atoms with Gasteiger partial charge in [0.25, 0.3) is 0 Å². The standard InChI is InChI=1S/C18H20N4S/c1-14-4-7-16(8-5-14)23-18(10-2-3-11-18)13-20-17-9-6-15(12-19)21-22-17/h4-9H,2-3,10-11,13H2,1H3,(H,20,22). The third-order valence-electron chi connectivity index (χ3n) is 4.24. The van der Waals surface area contributed by atoms with E-state index in [9.17, 15) is 0 Å². The van der Waals surface area contributed by atoms with Crippen LogP contribution < -0.4 is 5.32 Å². The average Bonchev–Trinajstić information content (AvgIpc) is 3.04. The third kappa shape index (κ3) is 4.02. The minimum absolute atomic E-state index is 0.213. The minimum atomic E-state index is 0.213. The number of hydrogen-bond acceptors (Lipinski definition) is 5. The molecule has 1 aromatic carbocycles. The maximum absolute atomic E-state index is 8.78. The molecule has 0 saturated heterocycles. The molecular formula is C18H20N4S. The van der Waals surface area contributed by atoms with Gasteiger partial charge in [0.2, 0.25) is 0 Å². The molecule has 0 amide bonds. The Bertz CT molecular complexity index is 682. The smallest absolute Gasteiger partial charge is 0.163 e. The van der Waals surface area contributed by atoms with Crippen LogP contribution in [0.5, 0.6) is 0 Å². The van der Waals surface area contributed by atoms with Gasteiger partial charge in [0.05, 0.1) is 0 Å². The summed E-state index contributed by atoms with van der Waals surface area (Å²) in [6.45, 7) is 2.98. The molecule has 1 heterocycles. The topological polar surface area (TPSA) is 61.6 Å². The van der Waals surface area contributed by atoms with Crippen LogP contribution in [0.15, 0.2) is 41.3 Å². The molecule has 0 atom stereocenters. The summed E-state index contributed by atoms with van der Waals surface area (Å²) in [5.74, 6) is 0.736. The molecule has 1 aromatic heterocycles. The van der Waals surface area contributed by atoms with Crippen LogP contribution in [-0.4, -0.2) is 21.5 Å². The Morgan fingerprint density at radius 2 is 1.87 bits per heavy atom. The molecule has 0 unspecified atom stereocenters. The van der Waals surface area contributed by atoms with E-state index < -0.39 is 0 Å². The second-order valence-electron chi connectivity index (χ2n) is 6.07. The van der Waals surface area contributed by atoms with Gasteiger partial charge in [0.15, 0.2) is 5.69 Å². The van der Waals surface area contributed by atoms with Gasteiger partial charge in [-0.1, -0.05) is 30.5 Å². The molecule has 4 nitrogen and oxygen atoms in total. The van der Waals surface area contributed by atoms with E-state index in [1.807, 2.05) is 23.9 Å². The summed E-state index contributed by atoms with van der Waals surface area (Å²) in [7, 11) is 0. The monoisotopic (exact) mass is 324 g/mol. The lowest BCUT2D eigenvalue weighted by molar-refractivity contribution is 0.636. The number of aryl methyl sites for hydroxylation is 1. The summed E-state index contributed by atoms with van der Waals surface area (Å²) in [5, 5.41) is 20.1. The summed E-state index contributed by atoms with van der Waals surface area (Å²) in [6.07, 6.45) is 4.98. The normalized spacial score (nSPS) is 16.0. The van der Waals surface area contributed by atoms with E-state index in [2.05, 4.69) is 46.7 Å². The minimum Gasteiger partial charge on any atom is -0.367 e. The molecule has 0 radical (unpaired) electrons. The molecule has 23 heavy (non-hydrogen) atoms. The van der Waals surface area contributed by atoms with Crippen molar-refractivity contribution in [2.75, 3.05) is 11.9 Å². The summed E-state index contributed by atoms with van der Waals surface area (Å²) >= 11 is 1.97. The second-order valence-corrected chi connectivity index (χ2v) is 7.62. The Kier molecular flexibility index (Phi) is 4.82. The zero-order valence-electron chi connectivity index (χ0n) is 13.2. The fourth-order valence-electron chi connectivity index (χ4n) is 2.93. The first kappa shape index (κ1) is 15.8. The van der Waals surface area contributed by atoms with Crippen molar-refractivity contribution in [1.29, 1.82) is 5.26 Å². The largest absolute Gasteiger partial charge is 0.367 e. The SMILES string of the molecule is Cc1ccc(SC2(CNc3ccc(C#N)nn3)CCCC2)cc1. The summed E-state index contributed by atoms with van der Waals surface area (Å²) < 4.78 is 0.213. The predicted octanol–water partition coefficient (Wildman–Crippen LogP) is 4.17. The van der Waals surface area contributed by atoms with Crippen molar-refractivity contribution in [2.24, 2.45) is 0 Å². The van der Waals surface area contributed by atoms with Crippen LogP contribution in [0.25, 0.3) is 0 Å². The summed E-state index contributed by atoms with van der Waals surface area (Å²) in [5.41, 5.74) is 1.64. The van der Waals surface area contributed by atoms with E-state index in [-0.39, 0.29) is 4.75 Å². The maximum Gasteiger partial charge on any atom is 0.163 e. The third-order valence-corrected chi connectivity index (χ3v) is 5.73. The van der Waals surface area contributed by atoms with E-state index >= 15 is 0 Å². The Morgan fingerprint density at radius 3 is 2.48 bits per heavy atom. The van der Waals surface area contributed by atoms with Gasteiger partial charge in [-0.2, -0.15) is 5.26 Å². The number of aromatic nitrogens is 2. The number of nitrogens with one attached hydrogen (secondary N) is 1. The summed E-state index contributed by atoms with van der Waals surface area (Å²) in [6, 6.07) is 14.3. The molecule has 118 valence electrons. The fourth-order valence-corrected chi connectivity index (χ4v) is 4.34. The van der Waals surface area contributed by atoms with Crippen molar-refractivity contribution < 1.29 is 0 Å². The highest BCUT2D eigenvalue weighted by Gasteiger charge is 2.34. The molecule has 1 fully saturated rings. The molecule has 1 aliphatic rings. The van der Waals surface area contributed by atoms with Crippen molar-refractivity contribution >= 4 is 17.6 Å². The number of anilines is 1. The van der Waals surface area contributed by atoms with Gasteiger partial charge < -0.3 is 5.32 Å². The van der Waals surface area contributed by atoms with Crippen molar-refractivity contribution in [3.05, 3.63) is 47.7 Å². The Morgan fingerprint density at radius 1 is 1.13 bits per heavy atom. The van der Waals surface area contributed by atoms with E-state index in [0.717, 1.165) is 12.4 Å². The van der Waals surface area contributed by atoms with Crippen LogP contribution >= 0.6 is 11.8 Å². The maximum atomic E-state index is 8.78. The van der Waals surface area contributed by atoms with Crippen molar-refractivity contribution in [2.45, 2.75) is 42.2 Å².